The molecule has 0 saturated carbocycles. The molecule has 0 radical (unpaired) electrons. The van der Waals surface area contributed by atoms with Gasteiger partial charge in [0.15, 0.2) is 0 Å². The molecule has 0 amide bonds. The summed E-state index contributed by atoms with van der Waals surface area (Å²) in [5, 5.41) is 0. The average molecular weight is 300 g/mol. The van der Waals surface area contributed by atoms with Crippen molar-refractivity contribution in [1.82, 2.24) is 4.90 Å². The second-order valence-electron chi connectivity index (χ2n) is 5.86. The number of alkyl halides is 3. The molecule has 2 N–H and O–H groups in total. The molecule has 1 aromatic rings. The van der Waals surface area contributed by atoms with Crippen LogP contribution < -0.4 is 5.73 Å². The highest BCUT2D eigenvalue weighted by Crippen LogP contribution is 2.33. The molecule has 2 nitrogen and oxygen atoms in total. The van der Waals surface area contributed by atoms with Crippen LogP contribution in [0.1, 0.15) is 43.2 Å². The van der Waals surface area contributed by atoms with E-state index in [-0.39, 0.29) is 12.0 Å². The van der Waals surface area contributed by atoms with E-state index in [0.29, 0.717) is 5.56 Å². The molecule has 0 unspecified atom stereocenters. The van der Waals surface area contributed by atoms with Gasteiger partial charge in [-0.25, -0.2) is 0 Å². The van der Waals surface area contributed by atoms with Crippen molar-refractivity contribution in [2.24, 2.45) is 5.73 Å². The van der Waals surface area contributed by atoms with Gasteiger partial charge in [-0.3, -0.25) is 0 Å². The number of benzene rings is 1. The van der Waals surface area contributed by atoms with Crippen molar-refractivity contribution >= 4 is 0 Å². The number of unbranched alkanes of at least 4 members (excludes halogenated alkanes) is 2. The zero-order valence-electron chi connectivity index (χ0n) is 12.4. The van der Waals surface area contributed by atoms with Gasteiger partial charge < -0.3 is 10.6 Å². The third kappa shape index (κ3) is 4.20. The average Bonchev–Trinajstić information content (AvgIpc) is 2.79. The summed E-state index contributed by atoms with van der Waals surface area (Å²) in [6.07, 6.45) is -0.824. The topological polar surface area (TPSA) is 29.3 Å². The molecule has 1 aliphatic heterocycles. The fraction of sp³-hybridized carbons (Fsp3) is 0.625. The third-order valence-corrected chi connectivity index (χ3v) is 4.16. The Kier molecular flexibility index (Phi) is 5.27. The Morgan fingerprint density at radius 1 is 1.24 bits per heavy atom. The van der Waals surface area contributed by atoms with E-state index in [0.717, 1.165) is 38.5 Å². The molecule has 1 aromatic carbocycles. The minimum atomic E-state index is -4.29. The zero-order chi connectivity index (χ0) is 15.5. The number of rotatable bonds is 5. The number of hydrogen-bond acceptors (Lipinski definition) is 2. The molecule has 1 saturated heterocycles. The zero-order valence-corrected chi connectivity index (χ0v) is 12.4. The third-order valence-electron chi connectivity index (χ3n) is 4.16. The van der Waals surface area contributed by atoms with Gasteiger partial charge in [0, 0.05) is 25.0 Å². The Bertz CT molecular complexity index is 459. The van der Waals surface area contributed by atoms with E-state index in [4.69, 9.17) is 5.73 Å². The summed E-state index contributed by atoms with van der Waals surface area (Å²) in [6, 6.07) is 5.51. The Morgan fingerprint density at radius 2 is 2.00 bits per heavy atom. The lowest BCUT2D eigenvalue weighted by Gasteiger charge is -2.17. The largest absolute Gasteiger partial charge is 0.416 e. The van der Waals surface area contributed by atoms with E-state index in [1.807, 2.05) is 0 Å². The van der Waals surface area contributed by atoms with Crippen LogP contribution >= 0.6 is 0 Å². The molecule has 118 valence electrons. The Balaban J connectivity index is 2.05. The van der Waals surface area contributed by atoms with Gasteiger partial charge in [-0.1, -0.05) is 38.0 Å². The summed E-state index contributed by atoms with van der Waals surface area (Å²) in [6.45, 7) is 4.66. The number of nitrogens with zero attached hydrogens (tertiary/aromatic N) is 1. The van der Waals surface area contributed by atoms with Crippen LogP contribution in [0.4, 0.5) is 13.2 Å². The van der Waals surface area contributed by atoms with E-state index >= 15 is 0 Å². The second kappa shape index (κ2) is 6.79. The standard InChI is InChI=1S/C16H23F3N2/c1-2-3-4-8-21-10-14(15(20)11-21)12-6-5-7-13(9-12)16(17,18)19/h5-7,9,14-15H,2-4,8,10-11,20H2,1H3/t14-,15+/m0/s1. The highest BCUT2D eigenvalue weighted by atomic mass is 19.4. The van der Waals surface area contributed by atoms with Crippen LogP contribution in [0.5, 0.6) is 0 Å². The predicted molar refractivity (Wildman–Crippen MR) is 78.1 cm³/mol. The predicted octanol–water partition coefficient (Wildman–Crippen LogP) is 3.62. The fourth-order valence-electron chi connectivity index (χ4n) is 2.98. The van der Waals surface area contributed by atoms with E-state index in [1.165, 1.54) is 18.6 Å². The molecular weight excluding hydrogens is 277 g/mol. The van der Waals surface area contributed by atoms with Crippen LogP contribution in [0.3, 0.4) is 0 Å². The smallest absolute Gasteiger partial charge is 0.326 e. The van der Waals surface area contributed by atoms with E-state index in [2.05, 4.69) is 11.8 Å². The van der Waals surface area contributed by atoms with Crippen LogP contribution in [0.15, 0.2) is 24.3 Å². The molecular formula is C16H23F3N2. The van der Waals surface area contributed by atoms with Gasteiger partial charge in [0.2, 0.25) is 0 Å². The monoisotopic (exact) mass is 300 g/mol. The Labute approximate surface area is 124 Å². The second-order valence-corrected chi connectivity index (χ2v) is 5.86. The normalized spacial score (nSPS) is 23.7. The van der Waals surface area contributed by atoms with Crippen LogP contribution in [-0.4, -0.2) is 30.6 Å². The lowest BCUT2D eigenvalue weighted by molar-refractivity contribution is -0.137. The summed E-state index contributed by atoms with van der Waals surface area (Å²) < 4.78 is 38.4. The first-order valence-corrected chi connectivity index (χ1v) is 7.57. The molecule has 21 heavy (non-hydrogen) atoms. The van der Waals surface area contributed by atoms with Gasteiger partial charge in [-0.05, 0) is 24.6 Å². The molecule has 1 aliphatic rings. The number of halogens is 3. The molecule has 5 heteroatoms. The summed E-state index contributed by atoms with van der Waals surface area (Å²) in [4.78, 5) is 2.27. The minimum absolute atomic E-state index is 0.00562. The van der Waals surface area contributed by atoms with E-state index < -0.39 is 11.7 Å². The summed E-state index contributed by atoms with van der Waals surface area (Å²) in [5.41, 5.74) is 6.26. The quantitative estimate of drug-likeness (QED) is 0.842. The van der Waals surface area contributed by atoms with Crippen molar-refractivity contribution < 1.29 is 13.2 Å². The lowest BCUT2D eigenvalue weighted by atomic mass is 9.93. The number of hydrogen-bond donors (Lipinski definition) is 1. The van der Waals surface area contributed by atoms with Crippen LogP contribution in [-0.2, 0) is 6.18 Å². The van der Waals surface area contributed by atoms with Gasteiger partial charge in [0.05, 0.1) is 5.56 Å². The maximum Gasteiger partial charge on any atom is 0.416 e. The van der Waals surface area contributed by atoms with Crippen molar-refractivity contribution in [3.63, 3.8) is 0 Å². The molecule has 1 heterocycles. The van der Waals surface area contributed by atoms with Crippen LogP contribution in [0.25, 0.3) is 0 Å². The van der Waals surface area contributed by atoms with E-state index in [1.54, 1.807) is 6.07 Å². The van der Waals surface area contributed by atoms with Crippen molar-refractivity contribution in [3.05, 3.63) is 35.4 Å². The molecule has 0 aromatic heterocycles. The van der Waals surface area contributed by atoms with Crippen LogP contribution in [0, 0.1) is 0 Å². The van der Waals surface area contributed by atoms with Crippen molar-refractivity contribution in [2.75, 3.05) is 19.6 Å². The first-order chi connectivity index (χ1) is 9.91. The molecule has 0 aliphatic carbocycles. The van der Waals surface area contributed by atoms with Gasteiger partial charge in [-0.2, -0.15) is 13.2 Å². The molecule has 1 fully saturated rings. The number of likely N-dealkylation sites (tertiary alicyclic amines) is 1. The maximum atomic E-state index is 12.8. The number of nitrogens with two attached hydrogens (primary N) is 1. The van der Waals surface area contributed by atoms with Crippen LogP contribution in [0.2, 0.25) is 0 Å². The van der Waals surface area contributed by atoms with Gasteiger partial charge in [0.25, 0.3) is 0 Å². The molecule has 2 atom stereocenters. The summed E-state index contributed by atoms with van der Waals surface area (Å²) >= 11 is 0. The van der Waals surface area contributed by atoms with Gasteiger partial charge in [-0.15, -0.1) is 0 Å². The molecule has 0 bridgehead atoms. The summed E-state index contributed by atoms with van der Waals surface area (Å²) in [7, 11) is 0. The first kappa shape index (κ1) is 16.3. The Hall–Kier alpha value is -1.07. The highest BCUT2D eigenvalue weighted by molar-refractivity contribution is 5.30. The van der Waals surface area contributed by atoms with E-state index in [9.17, 15) is 13.2 Å². The van der Waals surface area contributed by atoms with Gasteiger partial charge in [0.1, 0.15) is 0 Å². The Morgan fingerprint density at radius 3 is 2.67 bits per heavy atom. The maximum absolute atomic E-state index is 12.8. The van der Waals surface area contributed by atoms with Crippen molar-refractivity contribution in [1.29, 1.82) is 0 Å². The lowest BCUT2D eigenvalue weighted by Crippen LogP contribution is -2.29. The van der Waals surface area contributed by atoms with Crippen molar-refractivity contribution in [2.45, 2.75) is 44.3 Å². The van der Waals surface area contributed by atoms with Gasteiger partial charge >= 0.3 is 6.18 Å². The highest BCUT2D eigenvalue weighted by Gasteiger charge is 2.34. The minimum Gasteiger partial charge on any atom is -0.326 e. The molecule has 0 spiro atoms. The first-order valence-electron chi connectivity index (χ1n) is 7.57. The molecule has 2 rings (SSSR count). The van der Waals surface area contributed by atoms with Crippen molar-refractivity contribution in [3.8, 4) is 0 Å². The SMILES string of the molecule is CCCCCN1C[C@@H](N)[C@H](c2cccc(C(F)(F)F)c2)C1. The summed E-state index contributed by atoms with van der Waals surface area (Å²) in [5.74, 6) is -0.00562. The fourth-order valence-corrected chi connectivity index (χ4v) is 2.98.